The van der Waals surface area contributed by atoms with Gasteiger partial charge in [0.2, 0.25) is 0 Å². The summed E-state index contributed by atoms with van der Waals surface area (Å²) in [6, 6.07) is 7.32. The standard InChI is InChI=1S/C14H23O2PS/c1-3-8-13(15)17(18,14(16)9-4-2)12-10-6-5-7-11-12/h5-7,10-11,13-16H,3-4,8-9H2,1-2H3. The third-order valence-corrected chi connectivity index (χ3v) is 8.62. The fraction of sp³-hybridized carbons (Fsp3) is 0.571. The molecule has 4 heteroatoms. The molecule has 2 unspecified atom stereocenters. The van der Waals surface area contributed by atoms with Gasteiger partial charge in [0.15, 0.2) is 0 Å². The first-order valence-corrected chi connectivity index (χ1v) is 9.52. The van der Waals surface area contributed by atoms with E-state index in [1.807, 2.05) is 44.2 Å². The molecule has 1 rings (SSSR count). The van der Waals surface area contributed by atoms with Crippen molar-refractivity contribution in [1.82, 2.24) is 0 Å². The fourth-order valence-electron chi connectivity index (χ4n) is 2.10. The van der Waals surface area contributed by atoms with Crippen LogP contribution < -0.4 is 5.30 Å². The summed E-state index contributed by atoms with van der Waals surface area (Å²) < 4.78 is 0. The molecule has 0 saturated carbocycles. The van der Waals surface area contributed by atoms with E-state index in [4.69, 9.17) is 11.8 Å². The molecule has 0 aromatic heterocycles. The summed E-state index contributed by atoms with van der Waals surface area (Å²) in [7, 11) is 0. The molecule has 0 saturated heterocycles. The smallest absolute Gasteiger partial charge is 0.0885 e. The van der Waals surface area contributed by atoms with Crippen LogP contribution >= 0.6 is 6.04 Å². The molecule has 0 aliphatic rings. The molecule has 0 fully saturated rings. The molecule has 2 N–H and O–H groups in total. The van der Waals surface area contributed by atoms with Crippen LogP contribution in [-0.4, -0.2) is 21.9 Å². The van der Waals surface area contributed by atoms with E-state index in [2.05, 4.69) is 0 Å². The van der Waals surface area contributed by atoms with Gasteiger partial charge >= 0.3 is 0 Å². The molecule has 102 valence electrons. The molecule has 2 nitrogen and oxygen atoms in total. The van der Waals surface area contributed by atoms with E-state index in [0.29, 0.717) is 12.8 Å². The molecule has 1 aromatic carbocycles. The average molecular weight is 286 g/mol. The second-order valence-corrected chi connectivity index (χ2v) is 9.52. The van der Waals surface area contributed by atoms with Gasteiger partial charge in [-0.1, -0.05) is 68.8 Å². The van der Waals surface area contributed by atoms with E-state index in [9.17, 15) is 10.2 Å². The second-order valence-electron chi connectivity index (χ2n) is 4.58. The van der Waals surface area contributed by atoms with Crippen LogP contribution in [0, 0.1) is 0 Å². The lowest BCUT2D eigenvalue weighted by Crippen LogP contribution is -2.26. The normalized spacial score (nSPS) is 18.0. The van der Waals surface area contributed by atoms with Crippen molar-refractivity contribution in [3.8, 4) is 0 Å². The first-order valence-electron chi connectivity index (χ1n) is 6.58. The second kappa shape index (κ2) is 7.40. The van der Waals surface area contributed by atoms with Gasteiger partial charge in [-0.25, -0.2) is 0 Å². The number of aliphatic hydroxyl groups excluding tert-OH is 2. The Hall–Kier alpha value is -0.210. The van der Waals surface area contributed by atoms with E-state index in [1.165, 1.54) is 0 Å². The number of hydrogen-bond acceptors (Lipinski definition) is 3. The molecular weight excluding hydrogens is 263 g/mol. The minimum atomic E-state index is -2.34. The summed E-state index contributed by atoms with van der Waals surface area (Å²) in [6.45, 7) is 4.06. The fourth-order valence-corrected chi connectivity index (χ4v) is 6.11. The Balaban J connectivity index is 3.13. The zero-order valence-electron chi connectivity index (χ0n) is 11.1. The lowest BCUT2D eigenvalue weighted by Gasteiger charge is -2.32. The van der Waals surface area contributed by atoms with Gasteiger partial charge in [-0.05, 0) is 18.1 Å². The van der Waals surface area contributed by atoms with E-state index >= 15 is 0 Å². The lowest BCUT2D eigenvalue weighted by atomic mass is 10.3. The largest absolute Gasteiger partial charge is 0.387 e. The zero-order valence-corrected chi connectivity index (χ0v) is 12.8. The third-order valence-electron chi connectivity index (χ3n) is 3.14. The van der Waals surface area contributed by atoms with Crippen LogP contribution in [0.1, 0.15) is 39.5 Å². The first kappa shape index (κ1) is 15.8. The van der Waals surface area contributed by atoms with Crippen LogP contribution in [0.4, 0.5) is 0 Å². The topological polar surface area (TPSA) is 40.5 Å². The highest BCUT2D eigenvalue weighted by atomic mass is 32.4. The summed E-state index contributed by atoms with van der Waals surface area (Å²) in [5, 5.41) is 21.8. The summed E-state index contributed by atoms with van der Waals surface area (Å²) in [5.74, 6) is -1.16. The Morgan fingerprint density at radius 2 is 1.44 bits per heavy atom. The molecule has 0 aliphatic carbocycles. The molecule has 0 aliphatic heterocycles. The van der Waals surface area contributed by atoms with Gasteiger partial charge in [0.25, 0.3) is 0 Å². The zero-order chi connectivity index (χ0) is 13.6. The van der Waals surface area contributed by atoms with Crippen molar-refractivity contribution in [3.05, 3.63) is 30.3 Å². The maximum atomic E-state index is 10.4. The van der Waals surface area contributed by atoms with Gasteiger partial charge in [-0.3, -0.25) is 0 Å². The van der Waals surface area contributed by atoms with Crippen molar-refractivity contribution >= 4 is 23.1 Å². The van der Waals surface area contributed by atoms with Crippen LogP contribution in [0.5, 0.6) is 0 Å². The Labute approximate surface area is 115 Å². The Morgan fingerprint density at radius 1 is 1.00 bits per heavy atom. The highest BCUT2D eigenvalue weighted by Gasteiger charge is 2.34. The van der Waals surface area contributed by atoms with Crippen LogP contribution in [-0.2, 0) is 11.8 Å². The van der Waals surface area contributed by atoms with Crippen molar-refractivity contribution in [2.24, 2.45) is 0 Å². The predicted octanol–water partition coefficient (Wildman–Crippen LogP) is 3.03. The van der Waals surface area contributed by atoms with Crippen molar-refractivity contribution in [2.75, 3.05) is 0 Å². The van der Waals surface area contributed by atoms with Gasteiger partial charge in [0, 0.05) is 6.04 Å². The molecule has 18 heavy (non-hydrogen) atoms. The molecular formula is C14H23O2PS. The minimum absolute atomic E-state index is 0.582. The van der Waals surface area contributed by atoms with Crippen molar-refractivity contribution < 1.29 is 10.2 Å². The molecule has 0 bridgehead atoms. The number of aliphatic hydroxyl groups is 2. The third kappa shape index (κ3) is 3.42. The summed E-state index contributed by atoms with van der Waals surface area (Å²) >= 11 is 5.76. The van der Waals surface area contributed by atoms with Crippen LogP contribution in [0.25, 0.3) is 0 Å². The maximum absolute atomic E-state index is 10.4. The Morgan fingerprint density at radius 3 is 1.83 bits per heavy atom. The summed E-state index contributed by atoms with van der Waals surface area (Å²) in [6.07, 6.45) is 3.08. The van der Waals surface area contributed by atoms with E-state index in [1.54, 1.807) is 0 Å². The van der Waals surface area contributed by atoms with Gasteiger partial charge in [0.05, 0.1) is 11.7 Å². The minimum Gasteiger partial charge on any atom is -0.387 e. The predicted molar refractivity (Wildman–Crippen MR) is 82.2 cm³/mol. The van der Waals surface area contributed by atoms with Gasteiger partial charge in [-0.2, -0.15) is 0 Å². The first-order chi connectivity index (χ1) is 8.57. The lowest BCUT2D eigenvalue weighted by molar-refractivity contribution is 0.213. The van der Waals surface area contributed by atoms with E-state index in [0.717, 1.165) is 18.1 Å². The average Bonchev–Trinajstić information content (AvgIpc) is 2.39. The number of hydrogen-bond donors (Lipinski definition) is 2. The molecule has 0 amide bonds. The Kier molecular flexibility index (Phi) is 6.51. The maximum Gasteiger partial charge on any atom is 0.0885 e. The van der Waals surface area contributed by atoms with E-state index in [-0.39, 0.29) is 0 Å². The van der Waals surface area contributed by atoms with Crippen molar-refractivity contribution in [1.29, 1.82) is 0 Å². The van der Waals surface area contributed by atoms with Crippen LogP contribution in [0.15, 0.2) is 30.3 Å². The van der Waals surface area contributed by atoms with Crippen molar-refractivity contribution in [3.63, 3.8) is 0 Å². The highest BCUT2D eigenvalue weighted by Crippen LogP contribution is 2.55. The van der Waals surface area contributed by atoms with Crippen molar-refractivity contribution in [2.45, 2.75) is 51.2 Å². The Bertz CT molecular complexity index is 378. The molecule has 0 spiro atoms. The number of rotatable bonds is 7. The highest BCUT2D eigenvalue weighted by molar-refractivity contribution is 8.18. The molecule has 1 aromatic rings. The van der Waals surface area contributed by atoms with Gasteiger partial charge in [0.1, 0.15) is 0 Å². The SMILES string of the molecule is CCCC(O)P(=S)(c1ccccc1)C(O)CCC. The number of benzene rings is 1. The van der Waals surface area contributed by atoms with E-state index < -0.39 is 17.7 Å². The quantitative estimate of drug-likeness (QED) is 0.757. The van der Waals surface area contributed by atoms with Crippen LogP contribution in [0.3, 0.4) is 0 Å². The molecule has 0 radical (unpaired) electrons. The summed E-state index contributed by atoms with van der Waals surface area (Å²) in [4.78, 5) is 0. The molecule has 2 atom stereocenters. The molecule has 0 heterocycles. The summed E-state index contributed by atoms with van der Waals surface area (Å²) in [5.41, 5.74) is 0. The monoisotopic (exact) mass is 286 g/mol. The van der Waals surface area contributed by atoms with Gasteiger partial charge < -0.3 is 10.2 Å². The van der Waals surface area contributed by atoms with Gasteiger partial charge in [-0.15, -0.1) is 0 Å². The van der Waals surface area contributed by atoms with Crippen LogP contribution in [0.2, 0.25) is 0 Å².